The summed E-state index contributed by atoms with van der Waals surface area (Å²) >= 11 is 1.48. The third-order valence-electron chi connectivity index (χ3n) is 4.35. The summed E-state index contributed by atoms with van der Waals surface area (Å²) in [5, 5.41) is 9.46. The smallest absolute Gasteiger partial charge is 0.292 e. The number of hydrogen-bond acceptors (Lipinski definition) is 5. The van der Waals surface area contributed by atoms with Crippen molar-refractivity contribution in [3.63, 3.8) is 0 Å². The van der Waals surface area contributed by atoms with Gasteiger partial charge >= 0.3 is 0 Å². The largest absolute Gasteiger partial charge is 0.318 e. The minimum Gasteiger partial charge on any atom is -0.318 e. The molecule has 1 N–H and O–H groups in total. The van der Waals surface area contributed by atoms with Crippen LogP contribution in [0.3, 0.4) is 0 Å². The van der Waals surface area contributed by atoms with Crippen LogP contribution in [0.5, 0.6) is 0 Å². The van der Waals surface area contributed by atoms with Gasteiger partial charge in [0.25, 0.3) is 11.5 Å². The van der Waals surface area contributed by atoms with Gasteiger partial charge in [-0.1, -0.05) is 41.7 Å². The molecule has 0 saturated heterocycles. The summed E-state index contributed by atoms with van der Waals surface area (Å²) in [5.41, 5.74) is 3.59. The van der Waals surface area contributed by atoms with Gasteiger partial charge in [-0.15, -0.1) is 5.10 Å². The molecule has 7 nitrogen and oxygen atoms in total. The minimum absolute atomic E-state index is 0.180. The van der Waals surface area contributed by atoms with Gasteiger partial charge in [-0.2, -0.15) is 5.10 Å². The predicted molar refractivity (Wildman–Crippen MR) is 106 cm³/mol. The van der Waals surface area contributed by atoms with E-state index in [2.05, 4.69) is 15.6 Å². The number of aryl methyl sites for hydroxylation is 2. The fourth-order valence-corrected chi connectivity index (χ4v) is 3.94. The first-order chi connectivity index (χ1) is 13.1. The quantitative estimate of drug-likeness (QED) is 0.554. The van der Waals surface area contributed by atoms with Gasteiger partial charge in [0.05, 0.1) is 15.6 Å². The van der Waals surface area contributed by atoms with Crippen LogP contribution >= 0.6 is 11.3 Å². The molecule has 0 aliphatic heterocycles. The predicted octanol–water partition coefficient (Wildman–Crippen LogP) is 2.22. The fourth-order valence-electron chi connectivity index (χ4n) is 2.96. The first-order valence-electron chi connectivity index (χ1n) is 8.48. The van der Waals surface area contributed by atoms with E-state index < -0.39 is 5.91 Å². The molecule has 0 atom stereocenters. The molecule has 0 aliphatic rings. The lowest BCUT2D eigenvalue weighted by Crippen LogP contribution is -2.29. The lowest BCUT2D eigenvalue weighted by molar-refractivity contribution is 0.0947. The van der Waals surface area contributed by atoms with E-state index in [1.54, 1.807) is 24.3 Å². The van der Waals surface area contributed by atoms with Gasteiger partial charge in [0.1, 0.15) is 0 Å². The van der Waals surface area contributed by atoms with Crippen LogP contribution in [0.4, 0.5) is 0 Å². The average Bonchev–Trinajstić information content (AvgIpc) is 3.03. The molecule has 2 aromatic heterocycles. The molecule has 4 aromatic rings. The molecule has 8 heteroatoms. The molecule has 4 rings (SSSR count). The van der Waals surface area contributed by atoms with Crippen LogP contribution < -0.4 is 15.8 Å². The fraction of sp³-hybridized carbons (Fsp3) is 0.158. The highest BCUT2D eigenvalue weighted by molar-refractivity contribution is 7.16. The van der Waals surface area contributed by atoms with Crippen molar-refractivity contribution in [1.82, 2.24) is 19.8 Å². The van der Waals surface area contributed by atoms with Crippen LogP contribution in [0, 0.1) is 0 Å². The summed E-state index contributed by atoms with van der Waals surface area (Å²) in [4.78, 5) is 25.8. The maximum atomic E-state index is 12.8. The van der Waals surface area contributed by atoms with E-state index in [0.29, 0.717) is 22.1 Å². The Balaban J connectivity index is 1.78. The molecular weight excluding hydrogens is 362 g/mol. The zero-order chi connectivity index (χ0) is 19.0. The number of fused-ring (bicyclic) bond motifs is 2. The Labute approximate surface area is 158 Å². The van der Waals surface area contributed by atoms with Crippen molar-refractivity contribution in [3.05, 3.63) is 69.4 Å². The van der Waals surface area contributed by atoms with Gasteiger partial charge in [0.15, 0.2) is 5.69 Å². The Hall–Kier alpha value is -3.26. The molecule has 0 saturated carbocycles. The van der Waals surface area contributed by atoms with E-state index in [1.807, 2.05) is 42.8 Å². The van der Waals surface area contributed by atoms with Crippen molar-refractivity contribution >= 4 is 38.2 Å². The number of benzene rings is 2. The third-order valence-corrected chi connectivity index (χ3v) is 5.46. The van der Waals surface area contributed by atoms with E-state index in [9.17, 15) is 9.59 Å². The normalized spacial score (nSPS) is 12.0. The van der Waals surface area contributed by atoms with Crippen molar-refractivity contribution < 1.29 is 4.79 Å². The molecule has 0 fully saturated rings. The zero-order valence-corrected chi connectivity index (χ0v) is 15.7. The van der Waals surface area contributed by atoms with E-state index in [0.717, 1.165) is 10.2 Å². The topological polar surface area (TPSA) is 81.3 Å². The van der Waals surface area contributed by atoms with Gasteiger partial charge in [0.2, 0.25) is 4.80 Å². The summed E-state index contributed by atoms with van der Waals surface area (Å²) in [6.07, 6.45) is 0. The van der Waals surface area contributed by atoms with Crippen molar-refractivity contribution in [1.29, 1.82) is 0 Å². The Morgan fingerprint density at radius 3 is 2.59 bits per heavy atom. The van der Waals surface area contributed by atoms with Crippen molar-refractivity contribution in [3.8, 4) is 0 Å². The van der Waals surface area contributed by atoms with E-state index in [-0.39, 0.29) is 11.3 Å². The number of amides is 1. The molecule has 0 aliphatic carbocycles. The number of rotatable bonds is 3. The summed E-state index contributed by atoms with van der Waals surface area (Å²) in [6.45, 7) is 2.19. The highest BCUT2D eigenvalue weighted by Gasteiger charge is 2.16. The van der Waals surface area contributed by atoms with Gasteiger partial charge < -0.3 is 4.57 Å². The number of nitrogens with zero attached hydrogens (tertiary/aromatic N) is 4. The monoisotopic (exact) mass is 379 g/mol. The number of nitrogens with one attached hydrogen (secondary N) is 1. The number of carbonyl (C=O) groups is 1. The summed E-state index contributed by atoms with van der Waals surface area (Å²) in [7, 11) is 1.90. The molecule has 0 spiro atoms. The van der Waals surface area contributed by atoms with Gasteiger partial charge in [-0.05, 0) is 25.1 Å². The second-order valence-corrected chi connectivity index (χ2v) is 6.99. The number of carbonyl (C=O) groups excluding carboxylic acids is 1. The van der Waals surface area contributed by atoms with Crippen molar-refractivity contribution in [2.24, 2.45) is 12.1 Å². The second-order valence-electron chi connectivity index (χ2n) is 5.98. The molecular formula is C19H17N5O2S. The Kier molecular flexibility index (Phi) is 4.33. The zero-order valence-electron chi connectivity index (χ0n) is 14.8. The maximum Gasteiger partial charge on any atom is 0.292 e. The highest BCUT2D eigenvalue weighted by Crippen LogP contribution is 2.15. The van der Waals surface area contributed by atoms with Crippen molar-refractivity contribution in [2.75, 3.05) is 0 Å². The summed E-state index contributed by atoms with van der Waals surface area (Å²) in [5.74, 6) is -0.453. The number of hydrogen-bond donors (Lipinski definition) is 1. The van der Waals surface area contributed by atoms with E-state index in [4.69, 9.17) is 0 Å². The molecule has 0 unspecified atom stereocenters. The van der Waals surface area contributed by atoms with Crippen LogP contribution in [0.1, 0.15) is 17.4 Å². The minimum atomic E-state index is -0.453. The Morgan fingerprint density at radius 2 is 1.85 bits per heavy atom. The molecule has 136 valence electrons. The van der Waals surface area contributed by atoms with Gasteiger partial charge in [-0.3, -0.25) is 9.59 Å². The SMILES string of the molecule is CCn1nc(C(=O)N/N=c2/sc3ccccc3n2C)c2ccccc2c1=O. The standard InChI is InChI=1S/C19H17N5O2S/c1-3-24-18(26)13-9-5-4-8-12(13)16(22-24)17(25)20-21-19-23(2)14-10-6-7-11-15(14)27-19/h4-11H,3H2,1-2H3,(H,20,25)/b21-19+. The molecule has 2 heterocycles. The molecule has 27 heavy (non-hydrogen) atoms. The van der Waals surface area contributed by atoms with Crippen LogP contribution in [0.2, 0.25) is 0 Å². The number of para-hydroxylation sites is 1. The van der Waals surface area contributed by atoms with Crippen LogP contribution in [-0.2, 0) is 13.6 Å². The Bertz CT molecular complexity index is 1300. The number of aromatic nitrogens is 3. The van der Waals surface area contributed by atoms with Crippen molar-refractivity contribution in [2.45, 2.75) is 13.5 Å². The molecule has 2 aromatic carbocycles. The van der Waals surface area contributed by atoms with Gasteiger partial charge in [0, 0.05) is 19.0 Å². The Morgan fingerprint density at radius 1 is 1.15 bits per heavy atom. The highest BCUT2D eigenvalue weighted by atomic mass is 32.1. The summed E-state index contributed by atoms with van der Waals surface area (Å²) < 4.78 is 4.28. The number of thiazole rings is 1. The third kappa shape index (κ3) is 2.93. The molecule has 1 amide bonds. The lowest BCUT2D eigenvalue weighted by atomic mass is 10.1. The van der Waals surface area contributed by atoms with Crippen LogP contribution in [0.25, 0.3) is 21.0 Å². The van der Waals surface area contributed by atoms with Gasteiger partial charge in [-0.25, -0.2) is 10.1 Å². The van der Waals surface area contributed by atoms with E-state index in [1.165, 1.54) is 16.0 Å². The van der Waals surface area contributed by atoms with Crippen LogP contribution in [0.15, 0.2) is 58.4 Å². The molecule has 0 bridgehead atoms. The summed E-state index contributed by atoms with van der Waals surface area (Å²) in [6, 6.07) is 14.9. The van der Waals surface area contributed by atoms with E-state index >= 15 is 0 Å². The van der Waals surface area contributed by atoms with Crippen LogP contribution in [-0.4, -0.2) is 20.3 Å². The first-order valence-corrected chi connectivity index (χ1v) is 9.30. The lowest BCUT2D eigenvalue weighted by Gasteiger charge is -2.08. The second kappa shape index (κ2) is 6.81. The molecule has 0 radical (unpaired) electrons. The average molecular weight is 379 g/mol. The first kappa shape index (κ1) is 17.2. The maximum absolute atomic E-state index is 12.8.